The zero-order valence-corrected chi connectivity index (χ0v) is 16.2. The van der Waals surface area contributed by atoms with E-state index in [4.69, 9.17) is 4.74 Å². The molecule has 0 saturated carbocycles. The lowest BCUT2D eigenvalue weighted by Gasteiger charge is -2.04. The Morgan fingerprint density at radius 2 is 1.66 bits per heavy atom. The molecule has 0 fully saturated rings. The SMILES string of the molecule is Cc1cc(=O)n2nc(COC(=O)c3ccc(C(=O)c4ccccc4)cc3)sc2n1. The molecule has 0 saturated heterocycles. The van der Waals surface area contributed by atoms with Crippen LogP contribution in [0.1, 0.15) is 37.0 Å². The molecule has 0 aliphatic rings. The highest BCUT2D eigenvalue weighted by Gasteiger charge is 2.13. The van der Waals surface area contributed by atoms with Crippen LogP contribution in [0.15, 0.2) is 65.5 Å². The zero-order valence-electron chi connectivity index (χ0n) is 15.4. The summed E-state index contributed by atoms with van der Waals surface area (Å²) in [6, 6.07) is 16.6. The van der Waals surface area contributed by atoms with E-state index < -0.39 is 5.97 Å². The van der Waals surface area contributed by atoms with Gasteiger partial charge in [-0.15, -0.1) is 0 Å². The fourth-order valence-electron chi connectivity index (χ4n) is 2.74. The number of fused-ring (bicyclic) bond motifs is 1. The number of carbonyl (C=O) groups excluding carboxylic acids is 2. The standard InChI is InChI=1S/C21H15N3O4S/c1-13-11-18(25)24-21(22-13)29-17(23-24)12-28-20(27)16-9-7-15(8-10-16)19(26)14-5-3-2-4-6-14/h2-11H,12H2,1H3. The Kier molecular flexibility index (Phi) is 5.01. The molecule has 0 N–H and O–H groups in total. The van der Waals surface area contributed by atoms with E-state index in [1.807, 2.05) is 6.07 Å². The number of benzene rings is 2. The summed E-state index contributed by atoms with van der Waals surface area (Å²) < 4.78 is 6.47. The number of aryl methyl sites for hydroxylation is 1. The van der Waals surface area contributed by atoms with Gasteiger partial charge in [0.15, 0.2) is 10.8 Å². The number of aromatic nitrogens is 3. The van der Waals surface area contributed by atoms with E-state index in [-0.39, 0.29) is 17.9 Å². The van der Waals surface area contributed by atoms with Gasteiger partial charge in [0.05, 0.1) is 5.56 Å². The van der Waals surface area contributed by atoms with Gasteiger partial charge < -0.3 is 4.74 Å². The Bertz CT molecular complexity index is 1260. The third-order valence-electron chi connectivity index (χ3n) is 4.16. The number of nitrogens with zero attached hydrogens (tertiary/aromatic N) is 3. The molecule has 0 unspecified atom stereocenters. The van der Waals surface area contributed by atoms with Gasteiger partial charge >= 0.3 is 5.97 Å². The predicted molar refractivity (Wildman–Crippen MR) is 107 cm³/mol. The highest BCUT2D eigenvalue weighted by Crippen LogP contribution is 2.15. The highest BCUT2D eigenvalue weighted by atomic mass is 32.1. The van der Waals surface area contributed by atoms with E-state index in [9.17, 15) is 14.4 Å². The van der Waals surface area contributed by atoms with Crippen LogP contribution in [0.4, 0.5) is 0 Å². The Labute approximate surface area is 169 Å². The molecule has 0 aliphatic heterocycles. The van der Waals surface area contributed by atoms with Crippen LogP contribution in [-0.2, 0) is 11.3 Å². The largest absolute Gasteiger partial charge is 0.455 e. The minimum Gasteiger partial charge on any atom is -0.455 e. The number of rotatable bonds is 5. The Morgan fingerprint density at radius 3 is 2.38 bits per heavy atom. The van der Waals surface area contributed by atoms with Crippen molar-refractivity contribution >= 4 is 28.1 Å². The number of hydrogen-bond donors (Lipinski definition) is 0. The van der Waals surface area contributed by atoms with Crippen LogP contribution in [0.2, 0.25) is 0 Å². The second-order valence-electron chi connectivity index (χ2n) is 6.27. The number of ketones is 1. The average Bonchev–Trinajstić information content (AvgIpc) is 3.15. The van der Waals surface area contributed by atoms with Gasteiger partial charge in [0.1, 0.15) is 6.61 Å². The second kappa shape index (κ2) is 7.76. The first-order valence-electron chi connectivity index (χ1n) is 8.74. The molecule has 144 valence electrons. The summed E-state index contributed by atoms with van der Waals surface area (Å²) in [5.74, 6) is -0.660. The molecule has 0 aliphatic carbocycles. The maximum Gasteiger partial charge on any atom is 0.338 e. The minimum atomic E-state index is -0.542. The van der Waals surface area contributed by atoms with Crippen LogP contribution in [0, 0.1) is 6.92 Å². The third-order valence-corrected chi connectivity index (χ3v) is 5.04. The molecule has 8 heteroatoms. The molecule has 0 bridgehead atoms. The van der Waals surface area contributed by atoms with Gasteiger partial charge in [-0.25, -0.2) is 9.78 Å². The topological polar surface area (TPSA) is 90.6 Å². The van der Waals surface area contributed by atoms with Gasteiger partial charge in [0.25, 0.3) is 5.56 Å². The van der Waals surface area contributed by atoms with Crippen LogP contribution < -0.4 is 5.56 Å². The van der Waals surface area contributed by atoms with Gasteiger partial charge in [-0.2, -0.15) is 9.61 Å². The van der Waals surface area contributed by atoms with Gasteiger partial charge in [-0.1, -0.05) is 53.8 Å². The molecular weight excluding hydrogens is 390 g/mol. The first-order chi connectivity index (χ1) is 14.0. The Balaban J connectivity index is 1.44. The van der Waals surface area contributed by atoms with Crippen LogP contribution >= 0.6 is 11.3 Å². The molecule has 0 radical (unpaired) electrons. The van der Waals surface area contributed by atoms with Crippen molar-refractivity contribution in [3.8, 4) is 0 Å². The minimum absolute atomic E-state index is 0.0734. The average molecular weight is 405 g/mol. The summed E-state index contributed by atoms with van der Waals surface area (Å²) in [4.78, 5) is 41.3. The van der Waals surface area contributed by atoms with Gasteiger partial charge in [0, 0.05) is 22.9 Å². The molecule has 2 heterocycles. The normalized spacial score (nSPS) is 10.8. The van der Waals surface area contributed by atoms with Gasteiger partial charge in [-0.3, -0.25) is 9.59 Å². The molecule has 4 aromatic rings. The van der Waals surface area contributed by atoms with E-state index in [1.54, 1.807) is 55.5 Å². The van der Waals surface area contributed by atoms with Crippen molar-refractivity contribution < 1.29 is 14.3 Å². The lowest BCUT2D eigenvalue weighted by molar-refractivity contribution is 0.0471. The highest BCUT2D eigenvalue weighted by molar-refractivity contribution is 7.16. The molecule has 2 aromatic carbocycles. The first kappa shape index (κ1) is 18.7. The smallest absolute Gasteiger partial charge is 0.338 e. The van der Waals surface area contributed by atoms with Crippen molar-refractivity contribution in [2.45, 2.75) is 13.5 Å². The quantitative estimate of drug-likeness (QED) is 0.374. The van der Waals surface area contributed by atoms with Crippen LogP contribution in [0.25, 0.3) is 4.96 Å². The molecule has 0 spiro atoms. The molecular formula is C21H15N3O4S. The first-order valence-corrected chi connectivity index (χ1v) is 9.56. The van der Waals surface area contributed by atoms with Crippen LogP contribution in [-0.4, -0.2) is 26.4 Å². The molecule has 2 aromatic heterocycles. The number of hydrogen-bond acceptors (Lipinski definition) is 7. The second-order valence-corrected chi connectivity index (χ2v) is 7.32. The van der Waals surface area contributed by atoms with E-state index in [2.05, 4.69) is 10.1 Å². The predicted octanol–water partition coefficient (Wildman–Crippen LogP) is 3.05. The maximum atomic E-state index is 12.4. The molecule has 0 amide bonds. The van der Waals surface area contributed by atoms with Crippen molar-refractivity contribution in [1.29, 1.82) is 0 Å². The summed E-state index contributed by atoms with van der Waals surface area (Å²) >= 11 is 1.19. The van der Waals surface area contributed by atoms with Crippen LogP contribution in [0.3, 0.4) is 0 Å². The summed E-state index contributed by atoms with van der Waals surface area (Å²) in [6.45, 7) is 1.66. The van der Waals surface area contributed by atoms with E-state index in [0.717, 1.165) is 0 Å². The lowest BCUT2D eigenvalue weighted by atomic mass is 10.0. The molecule has 7 nitrogen and oxygen atoms in total. The third kappa shape index (κ3) is 3.97. The zero-order chi connectivity index (χ0) is 20.4. The van der Waals surface area contributed by atoms with Gasteiger partial charge in [-0.05, 0) is 19.1 Å². The monoisotopic (exact) mass is 405 g/mol. The maximum absolute atomic E-state index is 12.4. The summed E-state index contributed by atoms with van der Waals surface area (Å²) in [6.07, 6.45) is 0. The van der Waals surface area contributed by atoms with Gasteiger partial charge in [0.2, 0.25) is 4.96 Å². The summed E-state index contributed by atoms with van der Waals surface area (Å²) in [7, 11) is 0. The number of carbonyl (C=O) groups is 2. The summed E-state index contributed by atoms with van der Waals surface area (Å²) in [5, 5.41) is 4.59. The molecule has 0 atom stereocenters. The lowest BCUT2D eigenvalue weighted by Crippen LogP contribution is -2.14. The Morgan fingerprint density at radius 1 is 1.00 bits per heavy atom. The fraction of sp³-hybridized carbons (Fsp3) is 0.0952. The van der Waals surface area contributed by atoms with Crippen LogP contribution in [0.5, 0.6) is 0 Å². The molecule has 29 heavy (non-hydrogen) atoms. The van der Waals surface area contributed by atoms with Crippen molar-refractivity contribution in [2.75, 3.05) is 0 Å². The summed E-state index contributed by atoms with van der Waals surface area (Å²) in [5.41, 5.74) is 1.71. The van der Waals surface area contributed by atoms with Crippen molar-refractivity contribution in [1.82, 2.24) is 14.6 Å². The number of esters is 1. The van der Waals surface area contributed by atoms with Crippen molar-refractivity contribution in [3.63, 3.8) is 0 Å². The van der Waals surface area contributed by atoms with E-state index in [0.29, 0.717) is 32.4 Å². The fourth-order valence-corrected chi connectivity index (χ4v) is 3.60. The van der Waals surface area contributed by atoms with E-state index in [1.165, 1.54) is 21.9 Å². The Hall–Kier alpha value is -3.65. The number of ether oxygens (including phenoxy) is 1. The van der Waals surface area contributed by atoms with E-state index >= 15 is 0 Å². The van der Waals surface area contributed by atoms with Crippen molar-refractivity contribution in [2.24, 2.45) is 0 Å². The van der Waals surface area contributed by atoms with Crippen molar-refractivity contribution in [3.05, 3.63) is 98.4 Å². The molecule has 4 rings (SSSR count).